The molecule has 4 heteroatoms. The van der Waals surface area contributed by atoms with Crippen molar-refractivity contribution in [3.8, 4) is 5.75 Å². The topological polar surface area (TPSA) is 46.5 Å². The molecule has 1 aliphatic carbocycles. The maximum absolute atomic E-state index is 11.8. The van der Waals surface area contributed by atoms with Crippen molar-refractivity contribution in [2.24, 2.45) is 5.92 Å². The largest absolute Gasteiger partial charge is 0.512 e. The van der Waals surface area contributed by atoms with E-state index in [1.54, 1.807) is 18.2 Å². The Morgan fingerprint density at radius 3 is 2.89 bits per heavy atom. The van der Waals surface area contributed by atoms with Gasteiger partial charge in [0.15, 0.2) is 5.78 Å². The van der Waals surface area contributed by atoms with Crippen LogP contribution < -0.4 is 4.74 Å². The van der Waals surface area contributed by atoms with E-state index in [9.17, 15) is 4.79 Å². The molecule has 18 heavy (non-hydrogen) atoms. The predicted octanol–water partition coefficient (Wildman–Crippen LogP) is 3.88. The maximum Gasteiger partial charge on any atom is 0.189 e. The van der Waals surface area contributed by atoms with Crippen LogP contribution in [0.15, 0.2) is 34.5 Å². The number of ether oxygens (including phenoxy) is 1. The van der Waals surface area contributed by atoms with Gasteiger partial charge in [-0.25, -0.2) is 0 Å². The van der Waals surface area contributed by atoms with Crippen LogP contribution in [-0.2, 0) is 0 Å². The van der Waals surface area contributed by atoms with Gasteiger partial charge in [0, 0.05) is 11.6 Å². The summed E-state index contributed by atoms with van der Waals surface area (Å²) in [7, 11) is 0. The van der Waals surface area contributed by atoms with Crippen LogP contribution in [0.2, 0.25) is 0 Å². The highest BCUT2D eigenvalue weighted by atomic mass is 79.9. The first-order valence-corrected chi connectivity index (χ1v) is 6.69. The van der Waals surface area contributed by atoms with E-state index >= 15 is 0 Å². The second-order valence-electron chi connectivity index (χ2n) is 4.55. The molecule has 0 unspecified atom stereocenters. The third-order valence-corrected chi connectivity index (χ3v) is 3.38. The zero-order valence-electron chi connectivity index (χ0n) is 10.1. The Kier molecular flexibility index (Phi) is 4.07. The number of hydrogen-bond donors (Lipinski definition) is 1. The molecule has 1 saturated carbocycles. The number of hydrogen-bond acceptors (Lipinski definition) is 3. The number of ketones is 1. The van der Waals surface area contributed by atoms with E-state index in [0.29, 0.717) is 23.8 Å². The zero-order chi connectivity index (χ0) is 13.1. The Morgan fingerprint density at radius 2 is 2.28 bits per heavy atom. The van der Waals surface area contributed by atoms with Crippen LogP contribution in [0.4, 0.5) is 0 Å². The van der Waals surface area contributed by atoms with E-state index in [-0.39, 0.29) is 11.5 Å². The van der Waals surface area contributed by atoms with Gasteiger partial charge in [-0.3, -0.25) is 4.79 Å². The van der Waals surface area contributed by atoms with Gasteiger partial charge in [0.2, 0.25) is 0 Å². The molecule has 0 saturated heterocycles. The molecule has 1 aromatic carbocycles. The average Bonchev–Trinajstić information content (AvgIpc) is 3.10. The van der Waals surface area contributed by atoms with Crippen LogP contribution in [0.1, 0.15) is 30.1 Å². The van der Waals surface area contributed by atoms with Gasteiger partial charge < -0.3 is 9.84 Å². The Bertz CT molecular complexity index is 486. The summed E-state index contributed by atoms with van der Waals surface area (Å²) in [6, 6.07) is 5.19. The fourth-order valence-electron chi connectivity index (χ4n) is 1.53. The van der Waals surface area contributed by atoms with Gasteiger partial charge in [-0.1, -0.05) is 0 Å². The maximum atomic E-state index is 11.8. The lowest BCUT2D eigenvalue weighted by atomic mass is 10.1. The van der Waals surface area contributed by atoms with Gasteiger partial charge in [-0.2, -0.15) is 0 Å². The quantitative estimate of drug-likeness (QED) is 0.510. The molecule has 0 aromatic heterocycles. The van der Waals surface area contributed by atoms with Gasteiger partial charge in [0.05, 0.1) is 16.8 Å². The second-order valence-corrected chi connectivity index (χ2v) is 5.40. The van der Waals surface area contributed by atoms with Crippen molar-refractivity contribution in [2.45, 2.75) is 19.8 Å². The summed E-state index contributed by atoms with van der Waals surface area (Å²) in [5.74, 6) is 1.12. The first kappa shape index (κ1) is 13.1. The molecule has 1 aromatic rings. The lowest BCUT2D eigenvalue weighted by Crippen LogP contribution is -2.02. The number of carbonyl (C=O) groups is 1. The van der Waals surface area contributed by atoms with Gasteiger partial charge >= 0.3 is 0 Å². The van der Waals surface area contributed by atoms with E-state index in [1.165, 1.54) is 25.8 Å². The van der Waals surface area contributed by atoms with Crippen LogP contribution in [0.3, 0.4) is 0 Å². The Hall–Kier alpha value is -1.29. The molecule has 1 N–H and O–H groups in total. The minimum atomic E-state index is -0.223. The molecule has 1 aliphatic rings. The highest BCUT2D eigenvalue weighted by molar-refractivity contribution is 9.10. The molecule has 0 radical (unpaired) electrons. The van der Waals surface area contributed by atoms with Crippen molar-refractivity contribution in [2.75, 3.05) is 6.61 Å². The van der Waals surface area contributed by atoms with Crippen LogP contribution in [-0.4, -0.2) is 17.5 Å². The SMILES string of the molecule is C/C(O)=C/C(=O)c1ccc(Br)c(OCC2CC2)c1. The smallest absolute Gasteiger partial charge is 0.189 e. The highest BCUT2D eigenvalue weighted by Crippen LogP contribution is 2.32. The number of carbonyl (C=O) groups excluding carboxylic acids is 1. The van der Waals surface area contributed by atoms with Crippen molar-refractivity contribution in [3.63, 3.8) is 0 Å². The normalized spacial score (nSPS) is 15.6. The molecule has 96 valence electrons. The van der Waals surface area contributed by atoms with Gasteiger partial charge in [0.1, 0.15) is 5.75 Å². The first-order chi connectivity index (χ1) is 8.56. The van der Waals surface area contributed by atoms with E-state index in [0.717, 1.165) is 4.47 Å². The Balaban J connectivity index is 2.13. The van der Waals surface area contributed by atoms with Crippen LogP contribution in [0.25, 0.3) is 0 Å². The number of aliphatic hydroxyl groups is 1. The monoisotopic (exact) mass is 310 g/mol. The lowest BCUT2D eigenvalue weighted by Gasteiger charge is -2.08. The van der Waals surface area contributed by atoms with Crippen molar-refractivity contribution in [1.82, 2.24) is 0 Å². The summed E-state index contributed by atoms with van der Waals surface area (Å²) < 4.78 is 6.51. The van der Waals surface area contributed by atoms with Gasteiger partial charge in [-0.05, 0) is 59.8 Å². The summed E-state index contributed by atoms with van der Waals surface area (Å²) in [5, 5.41) is 9.09. The summed E-state index contributed by atoms with van der Waals surface area (Å²) in [5.41, 5.74) is 0.511. The predicted molar refractivity (Wildman–Crippen MR) is 73.1 cm³/mol. The third-order valence-electron chi connectivity index (χ3n) is 2.73. The number of rotatable bonds is 5. The number of aliphatic hydroxyl groups excluding tert-OH is 1. The second kappa shape index (κ2) is 5.57. The van der Waals surface area contributed by atoms with E-state index < -0.39 is 0 Å². The number of halogens is 1. The van der Waals surface area contributed by atoms with Crippen molar-refractivity contribution in [3.05, 3.63) is 40.1 Å². The van der Waals surface area contributed by atoms with Gasteiger partial charge in [-0.15, -0.1) is 0 Å². The Labute approximate surface area is 115 Å². The fraction of sp³-hybridized carbons (Fsp3) is 0.357. The van der Waals surface area contributed by atoms with Crippen LogP contribution >= 0.6 is 15.9 Å². The van der Waals surface area contributed by atoms with Crippen molar-refractivity contribution >= 4 is 21.7 Å². The Morgan fingerprint density at radius 1 is 1.56 bits per heavy atom. The molecule has 0 bridgehead atoms. The molecule has 2 rings (SSSR count). The van der Waals surface area contributed by atoms with Crippen molar-refractivity contribution < 1.29 is 14.6 Å². The summed E-state index contributed by atoms with van der Waals surface area (Å²) in [4.78, 5) is 11.8. The minimum Gasteiger partial charge on any atom is -0.512 e. The average molecular weight is 311 g/mol. The molecule has 0 aliphatic heterocycles. The molecular formula is C14H15BrO3. The van der Waals surface area contributed by atoms with Crippen molar-refractivity contribution in [1.29, 1.82) is 0 Å². The zero-order valence-corrected chi connectivity index (χ0v) is 11.7. The standard InChI is InChI=1S/C14H15BrO3/c1-9(16)6-13(17)11-4-5-12(15)14(7-11)18-8-10-2-3-10/h4-7,10,16H,2-3,8H2,1H3/b9-6-. The molecule has 1 fully saturated rings. The van der Waals surface area contributed by atoms with Crippen LogP contribution in [0, 0.1) is 5.92 Å². The number of allylic oxidation sites excluding steroid dienone is 2. The molecule has 0 heterocycles. The highest BCUT2D eigenvalue weighted by Gasteiger charge is 2.22. The molecule has 0 atom stereocenters. The number of benzene rings is 1. The molecular weight excluding hydrogens is 296 g/mol. The third kappa shape index (κ3) is 3.60. The lowest BCUT2D eigenvalue weighted by molar-refractivity contribution is 0.104. The molecule has 0 spiro atoms. The summed E-state index contributed by atoms with van der Waals surface area (Å²) >= 11 is 3.40. The van der Waals surface area contributed by atoms with Crippen LogP contribution in [0.5, 0.6) is 5.75 Å². The summed E-state index contributed by atoms with van der Waals surface area (Å²) in [6.07, 6.45) is 3.65. The summed E-state index contributed by atoms with van der Waals surface area (Å²) in [6.45, 7) is 2.17. The van der Waals surface area contributed by atoms with E-state index in [4.69, 9.17) is 9.84 Å². The van der Waals surface area contributed by atoms with E-state index in [1.807, 2.05) is 0 Å². The minimum absolute atomic E-state index is 0.00312. The molecule has 0 amide bonds. The first-order valence-electron chi connectivity index (χ1n) is 5.90. The fourth-order valence-corrected chi connectivity index (χ4v) is 1.89. The molecule has 3 nitrogen and oxygen atoms in total. The van der Waals surface area contributed by atoms with E-state index in [2.05, 4.69) is 15.9 Å². The van der Waals surface area contributed by atoms with Gasteiger partial charge in [0.25, 0.3) is 0 Å².